The van der Waals surface area contributed by atoms with Gasteiger partial charge in [0, 0.05) is 15.7 Å². The molecule has 0 saturated heterocycles. The molecular weight excluding hydrogens is 482 g/mol. The quantitative estimate of drug-likeness (QED) is 0.363. The van der Waals surface area contributed by atoms with Crippen LogP contribution in [0.25, 0.3) is 5.69 Å². The van der Waals surface area contributed by atoms with E-state index in [0.717, 1.165) is 34.3 Å². The summed E-state index contributed by atoms with van der Waals surface area (Å²) < 4.78 is 7.88. The second-order valence-corrected chi connectivity index (χ2v) is 9.29. The van der Waals surface area contributed by atoms with Gasteiger partial charge >= 0.3 is 5.97 Å². The van der Waals surface area contributed by atoms with E-state index in [9.17, 15) is 9.59 Å². The zero-order chi connectivity index (χ0) is 24.0. The summed E-state index contributed by atoms with van der Waals surface area (Å²) >= 11 is 3.43. The second-order valence-electron chi connectivity index (χ2n) is 8.38. The maximum atomic E-state index is 12.7. The van der Waals surface area contributed by atoms with Gasteiger partial charge in [0.15, 0.2) is 5.69 Å². The number of aryl methyl sites for hydroxylation is 1. The van der Waals surface area contributed by atoms with E-state index in [0.29, 0.717) is 23.8 Å². The summed E-state index contributed by atoms with van der Waals surface area (Å²) in [4.78, 5) is 25.0. The Morgan fingerprint density at radius 3 is 2.33 bits per heavy atom. The fourth-order valence-electron chi connectivity index (χ4n) is 3.43. The molecule has 0 radical (unpaired) electrons. The molecule has 7 heteroatoms. The summed E-state index contributed by atoms with van der Waals surface area (Å²) in [6.45, 7) is 8.36. The van der Waals surface area contributed by atoms with Gasteiger partial charge in [-0.15, -0.1) is 0 Å². The van der Waals surface area contributed by atoms with E-state index in [-0.39, 0.29) is 11.9 Å². The minimum atomic E-state index is -0.431. The van der Waals surface area contributed by atoms with Crippen molar-refractivity contribution in [2.45, 2.75) is 46.6 Å². The lowest BCUT2D eigenvalue weighted by Gasteiger charge is -2.15. The van der Waals surface area contributed by atoms with Crippen molar-refractivity contribution in [2.24, 2.45) is 5.92 Å². The third kappa shape index (κ3) is 6.54. The van der Waals surface area contributed by atoms with Gasteiger partial charge in [0.25, 0.3) is 5.91 Å². The number of carbonyl (C=O) groups excluding carboxylic acids is 2. The molecule has 33 heavy (non-hydrogen) atoms. The van der Waals surface area contributed by atoms with Gasteiger partial charge in [-0.3, -0.25) is 4.79 Å². The topological polar surface area (TPSA) is 73.2 Å². The highest BCUT2D eigenvalue weighted by Crippen LogP contribution is 2.20. The van der Waals surface area contributed by atoms with Crippen LogP contribution in [-0.4, -0.2) is 28.3 Å². The first-order valence-corrected chi connectivity index (χ1v) is 12.0. The molecule has 3 rings (SSSR count). The number of nitrogens with one attached hydrogen (secondary N) is 1. The Morgan fingerprint density at radius 1 is 1.06 bits per heavy atom. The predicted octanol–water partition coefficient (Wildman–Crippen LogP) is 5.89. The minimum absolute atomic E-state index is 0.119. The Kier molecular flexibility index (Phi) is 8.44. The molecule has 1 heterocycles. The summed E-state index contributed by atoms with van der Waals surface area (Å²) in [5.41, 5.74) is 3.61. The number of benzene rings is 2. The molecule has 3 aromatic rings. The molecule has 0 spiro atoms. The van der Waals surface area contributed by atoms with Crippen LogP contribution in [0.2, 0.25) is 0 Å². The van der Waals surface area contributed by atoms with Crippen LogP contribution in [0.5, 0.6) is 0 Å². The van der Waals surface area contributed by atoms with E-state index in [1.807, 2.05) is 43.3 Å². The number of rotatable bonds is 9. The molecule has 2 aromatic carbocycles. The molecule has 1 aromatic heterocycles. The Balaban J connectivity index is 1.78. The summed E-state index contributed by atoms with van der Waals surface area (Å²) in [5, 5.41) is 7.51. The van der Waals surface area contributed by atoms with Crippen LogP contribution in [0, 0.1) is 5.92 Å². The van der Waals surface area contributed by atoms with E-state index in [4.69, 9.17) is 4.74 Å². The molecule has 0 saturated carbocycles. The van der Waals surface area contributed by atoms with Gasteiger partial charge in [-0.1, -0.05) is 41.9 Å². The molecule has 0 aliphatic heterocycles. The molecule has 0 unspecified atom stereocenters. The van der Waals surface area contributed by atoms with E-state index >= 15 is 0 Å². The van der Waals surface area contributed by atoms with Crippen LogP contribution in [0.15, 0.2) is 59.1 Å². The number of aromatic nitrogens is 2. The number of hydrogen-bond donors (Lipinski definition) is 1. The monoisotopic (exact) mass is 511 g/mol. The van der Waals surface area contributed by atoms with Gasteiger partial charge < -0.3 is 10.1 Å². The van der Waals surface area contributed by atoms with Crippen LogP contribution >= 0.6 is 15.9 Å². The van der Waals surface area contributed by atoms with Crippen molar-refractivity contribution >= 4 is 27.8 Å². The number of esters is 1. The van der Waals surface area contributed by atoms with Crippen molar-refractivity contribution in [3.8, 4) is 5.69 Å². The number of ether oxygens (including phenoxy) is 1. The van der Waals surface area contributed by atoms with Crippen LogP contribution < -0.4 is 5.32 Å². The average Bonchev–Trinajstić information content (AvgIpc) is 3.23. The number of nitrogens with zero attached hydrogens (tertiary/aromatic N) is 2. The highest BCUT2D eigenvalue weighted by Gasteiger charge is 2.17. The highest BCUT2D eigenvalue weighted by molar-refractivity contribution is 9.10. The van der Waals surface area contributed by atoms with Gasteiger partial charge in [0.1, 0.15) is 0 Å². The van der Waals surface area contributed by atoms with Gasteiger partial charge in [-0.05, 0) is 80.6 Å². The summed E-state index contributed by atoms with van der Waals surface area (Å²) in [7, 11) is 0. The van der Waals surface area contributed by atoms with Crippen molar-refractivity contribution in [3.05, 3.63) is 81.6 Å². The molecular formula is C26H30BrN3O3. The summed E-state index contributed by atoms with van der Waals surface area (Å²) in [5.74, 6) is -0.0529. The van der Waals surface area contributed by atoms with Crippen molar-refractivity contribution < 1.29 is 14.3 Å². The van der Waals surface area contributed by atoms with Crippen molar-refractivity contribution in [3.63, 3.8) is 0 Å². The lowest BCUT2D eigenvalue weighted by atomic mass is 10.1. The van der Waals surface area contributed by atoms with Gasteiger partial charge in [0.2, 0.25) is 0 Å². The van der Waals surface area contributed by atoms with Crippen LogP contribution in [-0.2, 0) is 11.2 Å². The SMILES string of the molecule is CCOC(=O)c1cc(CCC(C)C)n(-c2ccc(C(=O)N[C@@H](C)c3ccc(Br)cc3)cc2)n1. The molecule has 0 aliphatic carbocycles. The number of carbonyl (C=O) groups is 2. The van der Waals surface area contributed by atoms with E-state index < -0.39 is 5.97 Å². The van der Waals surface area contributed by atoms with E-state index in [2.05, 4.69) is 40.2 Å². The zero-order valence-corrected chi connectivity index (χ0v) is 21.1. The van der Waals surface area contributed by atoms with E-state index in [1.165, 1.54) is 0 Å². The van der Waals surface area contributed by atoms with Gasteiger partial charge in [-0.2, -0.15) is 5.10 Å². The molecule has 0 bridgehead atoms. The Morgan fingerprint density at radius 2 is 1.73 bits per heavy atom. The van der Waals surface area contributed by atoms with Crippen molar-refractivity contribution in [1.29, 1.82) is 0 Å². The fraction of sp³-hybridized carbons (Fsp3) is 0.346. The summed E-state index contributed by atoms with van der Waals surface area (Å²) in [6.07, 6.45) is 1.76. The molecule has 0 fully saturated rings. The maximum Gasteiger partial charge on any atom is 0.358 e. The Labute approximate surface area is 203 Å². The molecule has 1 N–H and O–H groups in total. The third-order valence-corrected chi connectivity index (χ3v) is 5.87. The number of amides is 1. The molecule has 174 valence electrons. The first-order chi connectivity index (χ1) is 15.8. The largest absolute Gasteiger partial charge is 0.461 e. The lowest BCUT2D eigenvalue weighted by molar-refractivity contribution is 0.0518. The molecule has 1 atom stereocenters. The lowest BCUT2D eigenvalue weighted by Crippen LogP contribution is -2.26. The minimum Gasteiger partial charge on any atom is -0.461 e. The molecule has 6 nitrogen and oxygen atoms in total. The maximum absolute atomic E-state index is 12.7. The standard InChI is InChI=1S/C26H30BrN3O3/c1-5-33-26(32)24-16-23(13-6-17(2)3)30(29-24)22-14-9-20(10-15-22)25(31)28-18(4)19-7-11-21(27)12-8-19/h7-12,14-18H,5-6,13H2,1-4H3,(H,28,31)/t18-/m0/s1. The third-order valence-electron chi connectivity index (χ3n) is 5.34. The van der Waals surface area contributed by atoms with Crippen LogP contribution in [0.1, 0.15) is 72.3 Å². The molecule has 1 amide bonds. The smallest absolute Gasteiger partial charge is 0.358 e. The summed E-state index contributed by atoms with van der Waals surface area (Å²) in [6, 6.07) is 16.8. The predicted molar refractivity (Wildman–Crippen MR) is 133 cm³/mol. The Hall–Kier alpha value is -2.93. The van der Waals surface area contributed by atoms with Crippen molar-refractivity contribution in [2.75, 3.05) is 6.61 Å². The first-order valence-electron chi connectivity index (χ1n) is 11.2. The fourth-order valence-corrected chi connectivity index (χ4v) is 3.70. The second kappa shape index (κ2) is 11.3. The van der Waals surface area contributed by atoms with Gasteiger partial charge in [0.05, 0.1) is 18.3 Å². The van der Waals surface area contributed by atoms with Crippen LogP contribution in [0.3, 0.4) is 0 Å². The van der Waals surface area contributed by atoms with Crippen molar-refractivity contribution in [1.82, 2.24) is 15.1 Å². The average molecular weight is 512 g/mol. The van der Waals surface area contributed by atoms with E-state index in [1.54, 1.807) is 29.8 Å². The Bertz CT molecular complexity index is 1090. The zero-order valence-electron chi connectivity index (χ0n) is 19.5. The molecule has 0 aliphatic rings. The first kappa shape index (κ1) is 24.7. The number of halogens is 1. The van der Waals surface area contributed by atoms with Crippen LogP contribution in [0.4, 0.5) is 0 Å². The highest BCUT2D eigenvalue weighted by atomic mass is 79.9. The normalized spacial score (nSPS) is 11.9. The number of hydrogen-bond acceptors (Lipinski definition) is 4. The van der Waals surface area contributed by atoms with Gasteiger partial charge in [-0.25, -0.2) is 9.48 Å².